The number of ether oxygens (including phenoxy) is 1. The first-order valence-electron chi connectivity index (χ1n) is 10.8. The number of furan rings is 1. The van der Waals surface area contributed by atoms with Gasteiger partial charge in [0, 0.05) is 22.2 Å². The molecule has 34 heavy (non-hydrogen) atoms. The molecule has 0 radical (unpaired) electrons. The van der Waals surface area contributed by atoms with Crippen LogP contribution in [0, 0.1) is 0 Å². The van der Waals surface area contributed by atoms with Crippen LogP contribution in [0.15, 0.2) is 95.6 Å². The Balaban J connectivity index is 1.28. The van der Waals surface area contributed by atoms with Gasteiger partial charge in [-0.3, -0.25) is 9.59 Å². The smallest absolute Gasteiger partial charge is 0.255 e. The van der Waals surface area contributed by atoms with E-state index in [9.17, 15) is 9.59 Å². The summed E-state index contributed by atoms with van der Waals surface area (Å²) in [7, 11) is 1.55. The molecule has 0 aliphatic heterocycles. The molecule has 0 spiro atoms. The van der Waals surface area contributed by atoms with Gasteiger partial charge in [-0.05, 0) is 53.2 Å². The summed E-state index contributed by atoms with van der Waals surface area (Å²) in [5.74, 6) is 0.153. The van der Waals surface area contributed by atoms with E-state index in [-0.39, 0.29) is 18.2 Å². The molecular weight excluding hydrogens is 428 g/mol. The molecule has 2 amide bonds. The lowest BCUT2D eigenvalue weighted by molar-refractivity contribution is -0.115. The molecule has 0 aliphatic carbocycles. The minimum Gasteiger partial charge on any atom is -0.495 e. The van der Waals surface area contributed by atoms with Gasteiger partial charge in [0.25, 0.3) is 5.91 Å². The Morgan fingerprint density at radius 3 is 2.44 bits per heavy atom. The average molecular weight is 450 g/mol. The lowest BCUT2D eigenvalue weighted by Gasteiger charge is -2.10. The van der Waals surface area contributed by atoms with E-state index in [4.69, 9.17) is 9.15 Å². The summed E-state index contributed by atoms with van der Waals surface area (Å²) in [4.78, 5) is 25.3. The second-order valence-corrected chi connectivity index (χ2v) is 7.88. The molecule has 0 saturated carbocycles. The number of anilines is 2. The van der Waals surface area contributed by atoms with Crippen LogP contribution in [0.2, 0.25) is 0 Å². The highest BCUT2D eigenvalue weighted by atomic mass is 16.5. The summed E-state index contributed by atoms with van der Waals surface area (Å²) in [5, 5.41) is 8.84. The standard InChI is InChI=1S/C28H22N2O4/c1-33-24-9-5-4-8-23(24)30-28(32)19-10-13-21(14-11-19)29-26(31)16-20-17-34-25-15-12-18-6-2-3-7-22(18)27(20)25/h2-15,17H,16H2,1H3,(H,29,31)(H,30,32). The maximum atomic E-state index is 12.7. The number of benzene rings is 4. The topological polar surface area (TPSA) is 80.6 Å². The zero-order valence-corrected chi connectivity index (χ0v) is 18.5. The first-order chi connectivity index (χ1) is 16.6. The van der Waals surface area contributed by atoms with Crippen molar-refractivity contribution in [3.05, 3.63) is 102 Å². The van der Waals surface area contributed by atoms with Crippen molar-refractivity contribution in [3.63, 3.8) is 0 Å². The van der Waals surface area contributed by atoms with Crippen molar-refractivity contribution in [2.24, 2.45) is 0 Å². The van der Waals surface area contributed by atoms with Gasteiger partial charge in [0.05, 0.1) is 25.5 Å². The Kier molecular flexibility index (Phi) is 5.70. The van der Waals surface area contributed by atoms with E-state index in [2.05, 4.69) is 10.6 Å². The molecule has 168 valence electrons. The normalized spacial score (nSPS) is 10.9. The molecule has 4 aromatic carbocycles. The Labute approximate surface area is 196 Å². The molecule has 0 saturated heterocycles. The van der Waals surface area contributed by atoms with E-state index in [1.807, 2.05) is 48.5 Å². The van der Waals surface area contributed by atoms with Gasteiger partial charge in [-0.15, -0.1) is 0 Å². The fraction of sp³-hybridized carbons (Fsp3) is 0.0714. The van der Waals surface area contributed by atoms with Crippen LogP contribution in [0.4, 0.5) is 11.4 Å². The van der Waals surface area contributed by atoms with Gasteiger partial charge in [0.2, 0.25) is 5.91 Å². The molecule has 0 unspecified atom stereocenters. The maximum absolute atomic E-state index is 12.7. The summed E-state index contributed by atoms with van der Waals surface area (Å²) >= 11 is 0. The highest BCUT2D eigenvalue weighted by molar-refractivity contribution is 6.09. The molecule has 6 nitrogen and oxygen atoms in total. The fourth-order valence-corrected chi connectivity index (χ4v) is 4.03. The van der Waals surface area contributed by atoms with E-state index < -0.39 is 0 Å². The number of fused-ring (bicyclic) bond motifs is 3. The number of para-hydroxylation sites is 2. The Morgan fingerprint density at radius 2 is 1.62 bits per heavy atom. The number of carbonyl (C=O) groups excluding carboxylic acids is 2. The first kappa shape index (κ1) is 21.3. The van der Waals surface area contributed by atoms with E-state index >= 15 is 0 Å². The Bertz CT molecular complexity index is 1500. The van der Waals surface area contributed by atoms with Crippen molar-refractivity contribution in [1.82, 2.24) is 0 Å². The highest BCUT2D eigenvalue weighted by Crippen LogP contribution is 2.30. The molecule has 6 heteroatoms. The van der Waals surface area contributed by atoms with Crippen molar-refractivity contribution in [2.75, 3.05) is 17.7 Å². The maximum Gasteiger partial charge on any atom is 0.255 e. The van der Waals surface area contributed by atoms with Crippen LogP contribution >= 0.6 is 0 Å². The fourth-order valence-electron chi connectivity index (χ4n) is 4.03. The Morgan fingerprint density at radius 1 is 0.853 bits per heavy atom. The average Bonchev–Trinajstić information content (AvgIpc) is 3.27. The van der Waals surface area contributed by atoms with Crippen molar-refractivity contribution in [1.29, 1.82) is 0 Å². The number of hydrogen-bond donors (Lipinski definition) is 2. The van der Waals surface area contributed by atoms with Crippen LogP contribution in [0.1, 0.15) is 15.9 Å². The number of rotatable bonds is 6. The number of methoxy groups -OCH3 is 1. The van der Waals surface area contributed by atoms with E-state index in [1.165, 1.54) is 0 Å². The minimum absolute atomic E-state index is 0.165. The summed E-state index contributed by atoms with van der Waals surface area (Å²) in [5.41, 5.74) is 3.25. The van der Waals surface area contributed by atoms with Gasteiger partial charge in [0.1, 0.15) is 11.3 Å². The zero-order valence-electron chi connectivity index (χ0n) is 18.5. The van der Waals surface area contributed by atoms with Gasteiger partial charge in [-0.1, -0.05) is 42.5 Å². The molecule has 5 aromatic rings. The number of amides is 2. The quantitative estimate of drug-likeness (QED) is 0.331. The first-order valence-corrected chi connectivity index (χ1v) is 10.8. The third kappa shape index (κ3) is 4.21. The molecule has 0 fully saturated rings. The lowest BCUT2D eigenvalue weighted by Crippen LogP contribution is -2.15. The van der Waals surface area contributed by atoms with Gasteiger partial charge in [0.15, 0.2) is 0 Å². The largest absolute Gasteiger partial charge is 0.495 e. The molecule has 2 N–H and O–H groups in total. The minimum atomic E-state index is -0.265. The monoisotopic (exact) mass is 450 g/mol. The Hall–Kier alpha value is -4.58. The van der Waals surface area contributed by atoms with Crippen molar-refractivity contribution >= 4 is 44.9 Å². The summed E-state index contributed by atoms with van der Waals surface area (Å²) in [6.45, 7) is 0. The van der Waals surface area contributed by atoms with Gasteiger partial charge < -0.3 is 19.8 Å². The predicted molar refractivity (Wildman–Crippen MR) is 133 cm³/mol. The second-order valence-electron chi connectivity index (χ2n) is 7.88. The number of nitrogens with one attached hydrogen (secondary N) is 2. The van der Waals surface area contributed by atoms with Crippen molar-refractivity contribution in [3.8, 4) is 5.75 Å². The van der Waals surface area contributed by atoms with Gasteiger partial charge >= 0.3 is 0 Å². The predicted octanol–water partition coefficient (Wildman–Crippen LogP) is 6.03. The molecule has 0 bridgehead atoms. The second kappa shape index (κ2) is 9.11. The van der Waals surface area contributed by atoms with E-state index in [1.54, 1.807) is 49.8 Å². The van der Waals surface area contributed by atoms with Gasteiger partial charge in [-0.25, -0.2) is 0 Å². The molecule has 1 aromatic heterocycles. The van der Waals surface area contributed by atoms with Crippen LogP contribution < -0.4 is 15.4 Å². The number of hydrogen-bond acceptors (Lipinski definition) is 4. The number of carbonyl (C=O) groups is 2. The SMILES string of the molecule is COc1ccccc1NC(=O)c1ccc(NC(=O)Cc2coc3ccc4ccccc4c23)cc1. The molecule has 0 atom stereocenters. The van der Waals surface area contributed by atoms with Crippen LogP contribution in [-0.2, 0) is 11.2 Å². The van der Waals surface area contributed by atoms with Crippen molar-refractivity contribution in [2.45, 2.75) is 6.42 Å². The zero-order chi connectivity index (χ0) is 23.5. The summed E-state index contributed by atoms with van der Waals surface area (Å²) in [6.07, 6.45) is 1.82. The highest BCUT2D eigenvalue weighted by Gasteiger charge is 2.14. The molecule has 0 aliphatic rings. The third-order valence-corrected chi connectivity index (χ3v) is 5.68. The lowest BCUT2D eigenvalue weighted by atomic mass is 10.0. The van der Waals surface area contributed by atoms with Crippen LogP contribution in [-0.4, -0.2) is 18.9 Å². The summed E-state index contributed by atoms with van der Waals surface area (Å²) < 4.78 is 11.0. The van der Waals surface area contributed by atoms with Gasteiger partial charge in [-0.2, -0.15) is 0 Å². The van der Waals surface area contributed by atoms with E-state index in [0.29, 0.717) is 22.7 Å². The molecular formula is C28H22N2O4. The summed E-state index contributed by atoms with van der Waals surface area (Å²) in [6, 6.07) is 25.9. The van der Waals surface area contributed by atoms with Crippen molar-refractivity contribution < 1.29 is 18.7 Å². The van der Waals surface area contributed by atoms with Crippen LogP contribution in [0.3, 0.4) is 0 Å². The van der Waals surface area contributed by atoms with E-state index in [0.717, 1.165) is 27.3 Å². The molecule has 5 rings (SSSR count). The van der Waals surface area contributed by atoms with Crippen LogP contribution in [0.5, 0.6) is 5.75 Å². The molecule has 1 heterocycles. The van der Waals surface area contributed by atoms with Crippen LogP contribution in [0.25, 0.3) is 21.7 Å². The third-order valence-electron chi connectivity index (χ3n) is 5.68.